The minimum atomic E-state index is -3.88. The van der Waals surface area contributed by atoms with Gasteiger partial charge >= 0.3 is 0 Å². The third kappa shape index (κ3) is 4.61. The Labute approximate surface area is 202 Å². The Hall–Kier alpha value is -3.08. The number of sulfone groups is 1. The number of nitrogens with one attached hydrogen (secondary N) is 1. The van der Waals surface area contributed by atoms with Crippen LogP contribution in [0.1, 0.15) is 33.8 Å². The molecule has 4 rings (SSSR count). The number of carbonyl (C=O) groups excluding carboxylic acids is 2. The first-order chi connectivity index (χ1) is 16.3. The van der Waals surface area contributed by atoms with E-state index < -0.39 is 26.9 Å². The molecule has 1 aliphatic rings. The number of hydrogen-bond acceptors (Lipinski definition) is 7. The maximum atomic E-state index is 13.7. The topological polar surface area (TPSA) is 117 Å². The molecule has 34 heavy (non-hydrogen) atoms. The molecule has 0 saturated carbocycles. The molecule has 8 nitrogen and oxygen atoms in total. The summed E-state index contributed by atoms with van der Waals surface area (Å²) in [6, 6.07) is 16.5. The van der Waals surface area contributed by atoms with E-state index in [1.54, 1.807) is 29.7 Å². The molecule has 1 atom stereocenters. The summed E-state index contributed by atoms with van der Waals surface area (Å²) in [5.74, 6) is -1.45. The molecule has 3 heterocycles. The minimum absolute atomic E-state index is 0.00354. The molecule has 178 valence electrons. The van der Waals surface area contributed by atoms with Gasteiger partial charge in [-0.3, -0.25) is 19.8 Å². The van der Waals surface area contributed by atoms with Gasteiger partial charge in [-0.2, -0.15) is 0 Å². The van der Waals surface area contributed by atoms with Crippen LogP contribution in [0.15, 0.2) is 60.8 Å². The van der Waals surface area contributed by atoms with Crippen molar-refractivity contribution in [2.24, 2.45) is 0 Å². The Kier molecular flexibility index (Phi) is 6.83. The van der Waals surface area contributed by atoms with E-state index in [0.717, 1.165) is 16.0 Å². The molecule has 2 amide bonds. The van der Waals surface area contributed by atoms with Crippen LogP contribution in [0.4, 0.5) is 0 Å². The van der Waals surface area contributed by atoms with Crippen LogP contribution < -0.4 is 5.48 Å². The zero-order valence-electron chi connectivity index (χ0n) is 18.6. The van der Waals surface area contributed by atoms with Crippen molar-refractivity contribution in [1.29, 1.82) is 0 Å². The van der Waals surface area contributed by atoms with Crippen molar-refractivity contribution in [3.05, 3.63) is 76.9 Å². The summed E-state index contributed by atoms with van der Waals surface area (Å²) < 4.78 is 25.8. The first-order valence-corrected chi connectivity index (χ1v) is 13.3. The van der Waals surface area contributed by atoms with Crippen molar-refractivity contribution < 1.29 is 23.2 Å². The van der Waals surface area contributed by atoms with E-state index in [4.69, 9.17) is 0 Å². The lowest BCUT2D eigenvalue weighted by molar-refractivity contribution is -0.129. The molecular weight excluding hydrogens is 474 g/mol. The fourth-order valence-corrected chi connectivity index (χ4v) is 7.79. The van der Waals surface area contributed by atoms with Gasteiger partial charge in [-0.05, 0) is 43.2 Å². The second-order valence-electron chi connectivity index (χ2n) is 8.31. The first-order valence-electron chi connectivity index (χ1n) is 10.8. The number of nitrogens with zero attached hydrogens (tertiary/aromatic N) is 2. The van der Waals surface area contributed by atoms with E-state index >= 15 is 0 Å². The second-order valence-corrected chi connectivity index (χ2v) is 11.8. The van der Waals surface area contributed by atoms with Gasteiger partial charge in [-0.15, -0.1) is 11.3 Å². The van der Waals surface area contributed by atoms with Crippen LogP contribution in [0.2, 0.25) is 0 Å². The lowest BCUT2D eigenvalue weighted by atomic mass is 9.97. The van der Waals surface area contributed by atoms with Crippen molar-refractivity contribution in [1.82, 2.24) is 15.4 Å². The van der Waals surface area contributed by atoms with Gasteiger partial charge in [0.25, 0.3) is 5.91 Å². The van der Waals surface area contributed by atoms with E-state index in [1.165, 1.54) is 22.4 Å². The molecule has 1 aliphatic heterocycles. The molecule has 0 bridgehead atoms. The van der Waals surface area contributed by atoms with Gasteiger partial charge in [0.1, 0.15) is 10.4 Å². The highest BCUT2D eigenvalue weighted by molar-refractivity contribution is 7.92. The molecule has 1 saturated heterocycles. The Morgan fingerprint density at radius 2 is 1.88 bits per heavy atom. The zero-order valence-corrected chi connectivity index (χ0v) is 20.2. The summed E-state index contributed by atoms with van der Waals surface area (Å²) in [5.41, 5.74) is 3.87. The average Bonchev–Trinajstić information content (AvgIpc) is 3.29. The van der Waals surface area contributed by atoms with Crippen molar-refractivity contribution in [2.75, 3.05) is 18.8 Å². The van der Waals surface area contributed by atoms with Crippen molar-refractivity contribution in [2.45, 2.75) is 24.5 Å². The molecule has 0 unspecified atom stereocenters. The van der Waals surface area contributed by atoms with Crippen molar-refractivity contribution in [3.63, 3.8) is 0 Å². The maximum Gasteiger partial charge on any atom is 0.272 e. The number of aryl methyl sites for hydroxylation is 1. The van der Waals surface area contributed by atoms with Crippen LogP contribution >= 0.6 is 11.3 Å². The third-order valence-electron chi connectivity index (χ3n) is 6.14. The van der Waals surface area contributed by atoms with Gasteiger partial charge in [0, 0.05) is 29.0 Å². The Balaban J connectivity index is 1.72. The highest BCUT2D eigenvalue weighted by atomic mass is 32.2. The van der Waals surface area contributed by atoms with Gasteiger partial charge in [0.15, 0.2) is 9.84 Å². The molecular formula is C24H25N3O5S2. The molecule has 0 radical (unpaired) electrons. The maximum absolute atomic E-state index is 13.7. The third-order valence-corrected chi connectivity index (χ3v) is 10.1. The lowest BCUT2D eigenvalue weighted by Crippen LogP contribution is -2.41. The smallest absolute Gasteiger partial charge is 0.272 e. The second kappa shape index (κ2) is 9.65. The summed E-state index contributed by atoms with van der Waals surface area (Å²) >= 11 is 1.31. The number of thiophene rings is 1. The summed E-state index contributed by atoms with van der Waals surface area (Å²) in [5, 5.41) is 9.20. The van der Waals surface area contributed by atoms with E-state index in [2.05, 4.69) is 4.98 Å². The number of aromatic nitrogens is 1. The van der Waals surface area contributed by atoms with Crippen LogP contribution in [0.5, 0.6) is 0 Å². The number of amides is 2. The first kappa shape index (κ1) is 24.1. The van der Waals surface area contributed by atoms with Gasteiger partial charge in [0.2, 0.25) is 5.91 Å². The van der Waals surface area contributed by atoms with E-state index in [1.807, 2.05) is 37.3 Å². The number of benzene rings is 1. The van der Waals surface area contributed by atoms with E-state index in [0.29, 0.717) is 4.88 Å². The largest absolute Gasteiger partial charge is 0.336 e. The predicted octanol–water partition coefficient (Wildman–Crippen LogP) is 3.17. The summed E-state index contributed by atoms with van der Waals surface area (Å²) in [6.07, 6.45) is 1.09. The van der Waals surface area contributed by atoms with Crippen molar-refractivity contribution >= 4 is 33.0 Å². The SMILES string of the molecule is Cc1ccc(-c2ccc([C@@]3(CC(=O)NO)CCN(C(=O)c4ccccn4)CCS3(=O)=O)s2)cc1. The van der Waals surface area contributed by atoms with Crippen LogP contribution in [-0.2, 0) is 19.4 Å². The zero-order chi connectivity index (χ0) is 24.3. The lowest BCUT2D eigenvalue weighted by Gasteiger charge is -2.30. The summed E-state index contributed by atoms with van der Waals surface area (Å²) in [4.78, 5) is 32.2. The van der Waals surface area contributed by atoms with Crippen LogP contribution in [0.25, 0.3) is 10.4 Å². The predicted molar refractivity (Wildman–Crippen MR) is 129 cm³/mol. The Morgan fingerprint density at radius 3 is 2.56 bits per heavy atom. The normalized spacial score (nSPS) is 19.9. The van der Waals surface area contributed by atoms with E-state index in [9.17, 15) is 23.2 Å². The molecule has 3 aromatic rings. The van der Waals surface area contributed by atoms with Crippen LogP contribution in [-0.4, -0.2) is 54.2 Å². The molecule has 1 aromatic carbocycles. The van der Waals surface area contributed by atoms with Crippen LogP contribution in [0, 0.1) is 6.92 Å². The number of pyridine rings is 1. The van der Waals surface area contributed by atoms with Crippen LogP contribution in [0.3, 0.4) is 0 Å². The van der Waals surface area contributed by atoms with E-state index in [-0.39, 0.29) is 36.9 Å². The Bertz CT molecular complexity index is 1290. The molecule has 1 fully saturated rings. The van der Waals surface area contributed by atoms with Gasteiger partial charge in [-0.1, -0.05) is 35.9 Å². The fourth-order valence-electron chi connectivity index (χ4n) is 4.18. The van der Waals surface area contributed by atoms with Gasteiger partial charge in [-0.25, -0.2) is 13.9 Å². The van der Waals surface area contributed by atoms with Crippen molar-refractivity contribution in [3.8, 4) is 10.4 Å². The molecule has 0 aliphatic carbocycles. The fraction of sp³-hybridized carbons (Fsp3) is 0.292. The van der Waals surface area contributed by atoms with Gasteiger partial charge < -0.3 is 4.90 Å². The quantitative estimate of drug-likeness (QED) is 0.411. The average molecular weight is 500 g/mol. The highest BCUT2D eigenvalue weighted by Gasteiger charge is 2.50. The number of hydrogen-bond donors (Lipinski definition) is 2. The highest BCUT2D eigenvalue weighted by Crippen LogP contribution is 2.45. The monoisotopic (exact) mass is 499 g/mol. The molecule has 2 N–H and O–H groups in total. The summed E-state index contributed by atoms with van der Waals surface area (Å²) in [7, 11) is -3.88. The minimum Gasteiger partial charge on any atom is -0.336 e. The Morgan fingerprint density at radius 1 is 1.12 bits per heavy atom. The van der Waals surface area contributed by atoms with Gasteiger partial charge in [0.05, 0.1) is 12.2 Å². The summed E-state index contributed by atoms with van der Waals surface area (Å²) in [6.45, 7) is 2.11. The number of hydroxylamine groups is 1. The molecule has 10 heteroatoms. The molecule has 0 spiro atoms. The standard InChI is InChI=1S/C24H25N3O5S2/c1-17-5-7-18(8-6-17)20-9-10-21(33-20)24(16-22(28)26-30)11-13-27(14-15-34(24,31)32)23(29)19-4-2-3-12-25-19/h2-10,12,30H,11,13-16H2,1H3,(H,26,28)/t24-/m0/s1. The molecule has 2 aromatic heterocycles. The number of rotatable bonds is 5. The number of carbonyl (C=O) groups is 2.